The summed E-state index contributed by atoms with van der Waals surface area (Å²) in [5.41, 5.74) is 0. The third kappa shape index (κ3) is 1.85. The molecule has 0 atom stereocenters. The van der Waals surface area contributed by atoms with Gasteiger partial charge in [0.1, 0.15) is 0 Å². The highest BCUT2D eigenvalue weighted by Gasteiger charge is 2.32. The van der Waals surface area contributed by atoms with Crippen LogP contribution in [0.25, 0.3) is 0 Å². The van der Waals surface area contributed by atoms with Crippen LogP contribution in [0.15, 0.2) is 0 Å². The second-order valence-corrected chi connectivity index (χ2v) is 6.27. The Morgan fingerprint density at radius 2 is 0.714 bits per heavy atom. The summed E-state index contributed by atoms with van der Waals surface area (Å²) in [7, 11) is 0. The molecular weight excluding hydrogens is 168 g/mol. The summed E-state index contributed by atoms with van der Waals surface area (Å²) in [6.07, 6.45) is 15.6. The van der Waals surface area contributed by atoms with Crippen LogP contribution in [0, 0.1) is 23.7 Å². The average molecular weight is 192 g/mol. The molecule has 0 aromatic rings. The fourth-order valence-corrected chi connectivity index (χ4v) is 4.08. The molecule has 14 heavy (non-hydrogen) atoms. The quantitative estimate of drug-likeness (QED) is 0.534. The van der Waals surface area contributed by atoms with Crippen LogP contribution >= 0.6 is 0 Å². The average Bonchev–Trinajstić information content (AvgIpc) is 2.19. The molecule has 80 valence electrons. The minimum Gasteiger partial charge on any atom is -0.0528 e. The maximum Gasteiger partial charge on any atom is -0.0409 e. The van der Waals surface area contributed by atoms with Crippen LogP contribution in [0.5, 0.6) is 0 Å². The largest absolute Gasteiger partial charge is 0.0528 e. The molecular formula is C14H24. The lowest BCUT2D eigenvalue weighted by Gasteiger charge is -2.40. The maximum atomic E-state index is 1.58. The van der Waals surface area contributed by atoms with E-state index in [1.54, 1.807) is 51.4 Å². The molecule has 0 heterocycles. The summed E-state index contributed by atoms with van der Waals surface area (Å²) < 4.78 is 0. The summed E-state index contributed by atoms with van der Waals surface area (Å²) in [5, 5.41) is 0. The fraction of sp³-hybridized carbons (Fsp3) is 1.00. The van der Waals surface area contributed by atoms with Gasteiger partial charge in [-0.1, -0.05) is 38.5 Å². The van der Waals surface area contributed by atoms with Crippen molar-refractivity contribution in [1.82, 2.24) is 0 Å². The monoisotopic (exact) mass is 192 g/mol. The van der Waals surface area contributed by atoms with E-state index in [0.717, 1.165) is 0 Å². The third-order valence-corrected chi connectivity index (χ3v) is 5.12. The zero-order valence-corrected chi connectivity index (χ0v) is 9.38. The summed E-state index contributed by atoms with van der Waals surface area (Å²) in [6, 6.07) is 0. The summed E-state index contributed by atoms with van der Waals surface area (Å²) in [4.78, 5) is 0. The van der Waals surface area contributed by atoms with Crippen LogP contribution in [0.3, 0.4) is 0 Å². The second kappa shape index (κ2) is 3.87. The Hall–Kier alpha value is 0. The minimum atomic E-state index is 1.18. The number of hydrogen-bond acceptors (Lipinski definition) is 0. The molecule has 0 heteroatoms. The van der Waals surface area contributed by atoms with Crippen LogP contribution in [0.1, 0.15) is 64.2 Å². The topological polar surface area (TPSA) is 0 Å². The van der Waals surface area contributed by atoms with E-state index in [4.69, 9.17) is 0 Å². The van der Waals surface area contributed by atoms with Crippen molar-refractivity contribution in [3.63, 3.8) is 0 Å². The van der Waals surface area contributed by atoms with Gasteiger partial charge in [-0.2, -0.15) is 0 Å². The van der Waals surface area contributed by atoms with Gasteiger partial charge in [-0.25, -0.2) is 0 Å². The zero-order chi connectivity index (χ0) is 9.38. The summed E-state index contributed by atoms with van der Waals surface area (Å²) in [5.74, 6) is 4.72. The summed E-state index contributed by atoms with van der Waals surface area (Å²) >= 11 is 0. The lowest BCUT2D eigenvalue weighted by Crippen LogP contribution is -2.28. The van der Waals surface area contributed by atoms with E-state index >= 15 is 0 Å². The van der Waals surface area contributed by atoms with E-state index in [0.29, 0.717) is 0 Å². The molecule has 4 bridgehead atoms. The van der Waals surface area contributed by atoms with Crippen molar-refractivity contribution in [3.05, 3.63) is 0 Å². The standard InChI is InChI=1S/2C7H12/c2*1-2-6-4-7(3-1)5-6/h2*6-7H,1-5H2. The normalized spacial score (nSPS) is 48.0. The van der Waals surface area contributed by atoms with E-state index in [-0.39, 0.29) is 0 Å². The molecule has 0 saturated heterocycles. The van der Waals surface area contributed by atoms with Gasteiger partial charge in [0.25, 0.3) is 0 Å². The Kier molecular flexibility index (Phi) is 2.55. The Morgan fingerprint density at radius 1 is 0.429 bits per heavy atom. The van der Waals surface area contributed by atoms with Crippen molar-refractivity contribution in [2.24, 2.45) is 23.7 Å². The van der Waals surface area contributed by atoms with Crippen LogP contribution in [0.4, 0.5) is 0 Å². The molecule has 0 aromatic heterocycles. The van der Waals surface area contributed by atoms with Crippen LogP contribution in [-0.2, 0) is 0 Å². The Bertz CT molecular complexity index is 135. The first-order valence-electron chi connectivity index (χ1n) is 6.90. The molecule has 0 aromatic carbocycles. The highest BCUT2D eigenvalue weighted by molar-refractivity contribution is 4.84. The highest BCUT2D eigenvalue weighted by Crippen LogP contribution is 2.45. The minimum absolute atomic E-state index is 1.18. The van der Waals surface area contributed by atoms with Crippen molar-refractivity contribution >= 4 is 0 Å². The SMILES string of the molecule is C1CC2CC(C1)C2.C1CC2CC(C1)C2. The fourth-order valence-electron chi connectivity index (χ4n) is 4.08. The van der Waals surface area contributed by atoms with E-state index < -0.39 is 0 Å². The molecule has 0 aliphatic heterocycles. The molecule has 6 aliphatic rings. The van der Waals surface area contributed by atoms with E-state index in [9.17, 15) is 0 Å². The maximum absolute atomic E-state index is 1.58. The second-order valence-electron chi connectivity index (χ2n) is 6.27. The van der Waals surface area contributed by atoms with Gasteiger partial charge in [0, 0.05) is 0 Å². The lowest BCUT2D eigenvalue weighted by molar-refractivity contribution is 0.115. The predicted molar refractivity (Wildman–Crippen MR) is 60.1 cm³/mol. The first-order valence-corrected chi connectivity index (χ1v) is 6.90. The zero-order valence-electron chi connectivity index (χ0n) is 9.38. The van der Waals surface area contributed by atoms with Crippen LogP contribution in [0.2, 0.25) is 0 Å². The van der Waals surface area contributed by atoms with E-state index in [1.165, 1.54) is 36.5 Å². The van der Waals surface area contributed by atoms with Gasteiger partial charge < -0.3 is 0 Å². The van der Waals surface area contributed by atoms with Crippen LogP contribution in [-0.4, -0.2) is 0 Å². The van der Waals surface area contributed by atoms with Crippen molar-refractivity contribution in [2.75, 3.05) is 0 Å². The molecule has 0 amide bonds. The molecule has 0 unspecified atom stereocenters. The first-order chi connectivity index (χ1) is 6.90. The molecule has 0 N–H and O–H groups in total. The molecule has 0 spiro atoms. The number of fused-ring (bicyclic) bond motifs is 4. The molecule has 6 saturated carbocycles. The Labute approximate surface area is 88.5 Å². The molecule has 0 nitrogen and oxygen atoms in total. The van der Waals surface area contributed by atoms with Crippen molar-refractivity contribution < 1.29 is 0 Å². The van der Waals surface area contributed by atoms with Gasteiger partial charge in [0.05, 0.1) is 0 Å². The molecule has 6 fully saturated rings. The van der Waals surface area contributed by atoms with Gasteiger partial charge in [0.15, 0.2) is 0 Å². The van der Waals surface area contributed by atoms with Crippen molar-refractivity contribution in [1.29, 1.82) is 0 Å². The first kappa shape index (κ1) is 9.24. The van der Waals surface area contributed by atoms with Crippen molar-refractivity contribution in [3.8, 4) is 0 Å². The lowest BCUT2D eigenvalue weighted by atomic mass is 9.65. The van der Waals surface area contributed by atoms with E-state index in [1.807, 2.05) is 0 Å². The third-order valence-electron chi connectivity index (χ3n) is 5.12. The summed E-state index contributed by atoms with van der Waals surface area (Å²) in [6.45, 7) is 0. The van der Waals surface area contributed by atoms with Gasteiger partial charge >= 0.3 is 0 Å². The number of hydrogen-bond donors (Lipinski definition) is 0. The van der Waals surface area contributed by atoms with Crippen LogP contribution < -0.4 is 0 Å². The predicted octanol–water partition coefficient (Wildman–Crippen LogP) is 4.39. The molecule has 6 aliphatic carbocycles. The highest BCUT2D eigenvalue weighted by atomic mass is 14.4. The van der Waals surface area contributed by atoms with Gasteiger partial charge in [0.2, 0.25) is 0 Å². The van der Waals surface area contributed by atoms with E-state index in [2.05, 4.69) is 0 Å². The number of rotatable bonds is 0. The Balaban J connectivity index is 0.0000000914. The van der Waals surface area contributed by atoms with Gasteiger partial charge in [-0.05, 0) is 49.4 Å². The molecule has 0 radical (unpaired) electrons. The van der Waals surface area contributed by atoms with Crippen molar-refractivity contribution in [2.45, 2.75) is 64.2 Å². The smallest absolute Gasteiger partial charge is 0.0409 e. The van der Waals surface area contributed by atoms with Gasteiger partial charge in [-0.3, -0.25) is 0 Å². The Morgan fingerprint density at radius 3 is 0.786 bits per heavy atom. The van der Waals surface area contributed by atoms with Gasteiger partial charge in [-0.15, -0.1) is 0 Å². The molecule has 6 rings (SSSR count).